The number of hydrogen-bond donors (Lipinski definition) is 2. The summed E-state index contributed by atoms with van der Waals surface area (Å²) in [5.74, 6) is 0.130. The number of rotatable bonds is 0. The molecule has 0 radical (unpaired) electrons. The Bertz CT molecular complexity index is 441. The first-order chi connectivity index (χ1) is 7.22. The topological polar surface area (TPSA) is 41.1 Å². The summed E-state index contributed by atoms with van der Waals surface area (Å²) in [7, 11) is 0. The Morgan fingerprint density at radius 3 is 3.00 bits per heavy atom. The van der Waals surface area contributed by atoms with Crippen LogP contribution in [0.15, 0.2) is 18.2 Å². The first-order valence-corrected chi connectivity index (χ1v) is 5.36. The van der Waals surface area contributed by atoms with E-state index >= 15 is 0 Å². The van der Waals surface area contributed by atoms with E-state index in [0.29, 0.717) is 6.67 Å². The summed E-state index contributed by atoms with van der Waals surface area (Å²) >= 11 is 0. The fourth-order valence-electron chi connectivity index (χ4n) is 2.73. The fourth-order valence-corrected chi connectivity index (χ4v) is 2.73. The molecule has 3 nitrogen and oxygen atoms in total. The Balaban J connectivity index is 2.15. The number of carbonyl (C=O) groups excluding carboxylic acids is 1. The zero-order valence-electron chi connectivity index (χ0n) is 8.76. The summed E-state index contributed by atoms with van der Waals surface area (Å²) in [6, 6.07) is 6.37. The second-order valence-corrected chi connectivity index (χ2v) is 4.43. The van der Waals surface area contributed by atoms with Gasteiger partial charge < -0.3 is 5.32 Å². The van der Waals surface area contributed by atoms with E-state index in [2.05, 4.69) is 35.8 Å². The van der Waals surface area contributed by atoms with E-state index in [4.69, 9.17) is 0 Å². The molecule has 2 N–H and O–H groups in total. The molecule has 1 atom stereocenters. The first-order valence-electron chi connectivity index (χ1n) is 5.36. The van der Waals surface area contributed by atoms with Crippen LogP contribution in [0.3, 0.4) is 0 Å². The smallest absolute Gasteiger partial charge is 0.245 e. The largest absolute Gasteiger partial charge is 0.342 e. The fraction of sp³-hybridized carbons (Fsp3) is 0.417. The molecule has 1 fully saturated rings. The Kier molecular flexibility index (Phi) is 1.68. The number of amides is 1. The van der Waals surface area contributed by atoms with Crippen LogP contribution in [0.4, 0.5) is 0 Å². The lowest BCUT2D eigenvalue weighted by molar-refractivity contribution is -0.124. The molecule has 0 bridgehead atoms. The molecule has 1 heterocycles. The van der Waals surface area contributed by atoms with Crippen molar-refractivity contribution in [2.24, 2.45) is 0 Å². The van der Waals surface area contributed by atoms with Crippen LogP contribution in [-0.4, -0.2) is 12.6 Å². The van der Waals surface area contributed by atoms with E-state index in [9.17, 15) is 4.79 Å². The number of fused-ring (bicyclic) bond motifs is 2. The molecule has 15 heavy (non-hydrogen) atoms. The van der Waals surface area contributed by atoms with Gasteiger partial charge in [0.05, 0.1) is 6.67 Å². The van der Waals surface area contributed by atoms with Crippen molar-refractivity contribution >= 4 is 5.91 Å². The molecule has 3 heteroatoms. The van der Waals surface area contributed by atoms with Gasteiger partial charge in [-0.15, -0.1) is 0 Å². The summed E-state index contributed by atoms with van der Waals surface area (Å²) in [4.78, 5) is 11.9. The standard InChI is InChI=1S/C12H14N2O/c1-8-2-3-10-9(6-8)4-5-12(10)11(15)13-7-14-12/h2-3,6,14H,4-5,7H2,1H3,(H,13,15). The average Bonchev–Trinajstić information content (AvgIpc) is 2.75. The number of hydrogen-bond acceptors (Lipinski definition) is 2. The van der Waals surface area contributed by atoms with Crippen molar-refractivity contribution in [2.45, 2.75) is 25.3 Å². The second kappa shape index (κ2) is 2.83. The third-order valence-electron chi connectivity index (χ3n) is 3.52. The van der Waals surface area contributed by atoms with Crippen molar-refractivity contribution in [1.29, 1.82) is 0 Å². The van der Waals surface area contributed by atoms with Gasteiger partial charge >= 0.3 is 0 Å². The molecule has 78 valence electrons. The lowest BCUT2D eigenvalue weighted by Gasteiger charge is -2.21. The highest BCUT2D eigenvalue weighted by Gasteiger charge is 2.47. The summed E-state index contributed by atoms with van der Waals surface area (Å²) in [6.45, 7) is 2.68. The van der Waals surface area contributed by atoms with Crippen molar-refractivity contribution in [3.05, 3.63) is 34.9 Å². The minimum Gasteiger partial charge on any atom is -0.342 e. The van der Waals surface area contributed by atoms with Crippen LogP contribution in [0.1, 0.15) is 23.1 Å². The van der Waals surface area contributed by atoms with E-state index in [1.165, 1.54) is 16.7 Å². The second-order valence-electron chi connectivity index (χ2n) is 4.43. The number of aryl methyl sites for hydroxylation is 2. The van der Waals surface area contributed by atoms with Gasteiger partial charge in [-0.2, -0.15) is 0 Å². The van der Waals surface area contributed by atoms with Gasteiger partial charge in [-0.25, -0.2) is 0 Å². The Morgan fingerprint density at radius 2 is 2.27 bits per heavy atom. The quantitative estimate of drug-likeness (QED) is 0.653. The molecule has 0 saturated carbocycles. The maximum absolute atomic E-state index is 11.9. The minimum absolute atomic E-state index is 0.130. The van der Waals surface area contributed by atoms with Gasteiger partial charge in [-0.3, -0.25) is 10.1 Å². The summed E-state index contributed by atoms with van der Waals surface area (Å²) in [6.07, 6.45) is 1.88. The molecular formula is C12H14N2O. The van der Waals surface area contributed by atoms with Crippen molar-refractivity contribution < 1.29 is 4.79 Å². The molecule has 2 aliphatic rings. The van der Waals surface area contributed by atoms with E-state index in [1.807, 2.05) is 0 Å². The van der Waals surface area contributed by atoms with Crippen molar-refractivity contribution in [3.8, 4) is 0 Å². The van der Waals surface area contributed by atoms with Crippen LogP contribution in [0.5, 0.6) is 0 Å². The normalized spacial score (nSPS) is 28.2. The van der Waals surface area contributed by atoms with E-state index in [1.54, 1.807) is 0 Å². The molecule has 1 amide bonds. The number of carbonyl (C=O) groups is 1. The highest BCUT2D eigenvalue weighted by atomic mass is 16.2. The van der Waals surface area contributed by atoms with Gasteiger partial charge in [0, 0.05) is 0 Å². The van der Waals surface area contributed by atoms with Gasteiger partial charge in [0.2, 0.25) is 5.91 Å². The summed E-state index contributed by atoms with van der Waals surface area (Å²) in [5, 5.41) is 6.15. The molecule has 0 aromatic heterocycles. The lowest BCUT2D eigenvalue weighted by atomic mass is 9.91. The van der Waals surface area contributed by atoms with Gasteiger partial charge in [0.1, 0.15) is 5.54 Å². The van der Waals surface area contributed by atoms with E-state index in [0.717, 1.165) is 12.8 Å². The SMILES string of the molecule is Cc1ccc2c(c1)CCC21NCNC1=O. The highest BCUT2D eigenvalue weighted by Crippen LogP contribution is 2.38. The lowest BCUT2D eigenvalue weighted by Crippen LogP contribution is -2.41. The zero-order valence-corrected chi connectivity index (χ0v) is 8.76. The van der Waals surface area contributed by atoms with Crippen LogP contribution in [-0.2, 0) is 16.8 Å². The average molecular weight is 202 g/mol. The Morgan fingerprint density at radius 1 is 1.40 bits per heavy atom. The van der Waals surface area contributed by atoms with Gasteiger partial charge in [-0.05, 0) is 30.9 Å². The zero-order chi connectivity index (χ0) is 10.5. The van der Waals surface area contributed by atoms with Crippen LogP contribution < -0.4 is 10.6 Å². The maximum atomic E-state index is 11.9. The maximum Gasteiger partial charge on any atom is 0.245 e. The summed E-state index contributed by atoms with van der Waals surface area (Å²) in [5.41, 5.74) is 3.33. The minimum atomic E-state index is -0.428. The highest BCUT2D eigenvalue weighted by molar-refractivity contribution is 5.90. The Labute approximate surface area is 88.9 Å². The van der Waals surface area contributed by atoms with Gasteiger partial charge in [0.25, 0.3) is 0 Å². The summed E-state index contributed by atoms with van der Waals surface area (Å²) < 4.78 is 0. The monoisotopic (exact) mass is 202 g/mol. The van der Waals surface area contributed by atoms with Gasteiger partial charge in [-0.1, -0.05) is 23.8 Å². The van der Waals surface area contributed by atoms with Crippen LogP contribution in [0.25, 0.3) is 0 Å². The third kappa shape index (κ3) is 1.07. The molecule has 3 rings (SSSR count). The molecule has 1 saturated heterocycles. The predicted molar refractivity (Wildman–Crippen MR) is 57.3 cm³/mol. The van der Waals surface area contributed by atoms with Crippen LogP contribution >= 0.6 is 0 Å². The van der Waals surface area contributed by atoms with Crippen molar-refractivity contribution in [1.82, 2.24) is 10.6 Å². The van der Waals surface area contributed by atoms with Crippen LogP contribution in [0, 0.1) is 6.92 Å². The molecule has 1 aromatic carbocycles. The van der Waals surface area contributed by atoms with E-state index < -0.39 is 5.54 Å². The van der Waals surface area contributed by atoms with E-state index in [-0.39, 0.29) is 5.91 Å². The molecule has 1 aliphatic carbocycles. The van der Waals surface area contributed by atoms with Crippen molar-refractivity contribution in [3.63, 3.8) is 0 Å². The first kappa shape index (κ1) is 8.92. The number of benzene rings is 1. The Hall–Kier alpha value is -1.35. The molecule has 1 aromatic rings. The number of nitrogens with one attached hydrogen (secondary N) is 2. The third-order valence-corrected chi connectivity index (χ3v) is 3.52. The predicted octanol–water partition coefficient (Wildman–Crippen LogP) is 0.813. The molecular weight excluding hydrogens is 188 g/mol. The molecule has 1 spiro atoms. The van der Waals surface area contributed by atoms with Crippen LogP contribution in [0.2, 0.25) is 0 Å². The van der Waals surface area contributed by atoms with Crippen molar-refractivity contribution in [2.75, 3.05) is 6.67 Å². The van der Waals surface area contributed by atoms with Gasteiger partial charge in [0.15, 0.2) is 0 Å². The molecule has 1 unspecified atom stereocenters. The molecule has 1 aliphatic heterocycles.